The van der Waals surface area contributed by atoms with Gasteiger partial charge >= 0.3 is 6.03 Å². The third kappa shape index (κ3) is 4.87. The van der Waals surface area contributed by atoms with Crippen LogP contribution in [0, 0.1) is 0 Å². The summed E-state index contributed by atoms with van der Waals surface area (Å²) >= 11 is 0. The molecule has 4 rings (SSSR count). The van der Waals surface area contributed by atoms with Crippen molar-refractivity contribution in [3.05, 3.63) is 60.0 Å². The predicted molar refractivity (Wildman–Crippen MR) is 119 cm³/mol. The number of urea groups is 1. The molecule has 1 N–H and O–H groups in total. The van der Waals surface area contributed by atoms with Crippen LogP contribution in [-0.4, -0.2) is 41.3 Å². The van der Waals surface area contributed by atoms with Crippen LogP contribution in [0.3, 0.4) is 0 Å². The van der Waals surface area contributed by atoms with Gasteiger partial charge in [-0.05, 0) is 48.6 Å². The molecule has 1 saturated heterocycles. The molecule has 0 bridgehead atoms. The van der Waals surface area contributed by atoms with Crippen LogP contribution in [-0.2, 0) is 0 Å². The number of carbonyl (C=O) groups excluding carboxylic acids is 1. The maximum Gasteiger partial charge on any atom is 0.321 e. The first-order chi connectivity index (χ1) is 15.0. The third-order valence-electron chi connectivity index (χ3n) is 5.66. The number of nitrogens with one attached hydrogen (secondary N) is 1. The Labute approximate surface area is 182 Å². The molecular weight excluding hydrogens is 392 g/mol. The Morgan fingerprint density at radius 1 is 1.23 bits per heavy atom. The second-order valence-electron chi connectivity index (χ2n) is 8.18. The Hall–Kier alpha value is -3.35. The first-order valence-corrected chi connectivity index (χ1v) is 10.7. The fraction of sp³-hybridized carbons (Fsp3) is 0.375. The highest BCUT2D eigenvalue weighted by Gasteiger charge is 2.29. The lowest BCUT2D eigenvalue weighted by Crippen LogP contribution is -2.41. The Bertz CT molecular complexity index is 1030. The number of hydrogen-bond acceptors (Lipinski definition) is 5. The largest absolute Gasteiger partial charge is 0.497 e. The molecule has 2 aromatic carbocycles. The van der Waals surface area contributed by atoms with Crippen molar-refractivity contribution in [3.63, 3.8) is 0 Å². The van der Waals surface area contributed by atoms with E-state index in [1.54, 1.807) is 7.11 Å². The second-order valence-corrected chi connectivity index (χ2v) is 8.18. The molecule has 1 atom stereocenters. The number of carbonyl (C=O) groups is 1. The van der Waals surface area contributed by atoms with Crippen LogP contribution in [0.4, 0.5) is 10.5 Å². The molecule has 1 fully saturated rings. The van der Waals surface area contributed by atoms with Crippen molar-refractivity contribution < 1.29 is 14.1 Å². The molecule has 162 valence electrons. The maximum absolute atomic E-state index is 12.8. The summed E-state index contributed by atoms with van der Waals surface area (Å²) in [5, 5.41) is 7.14. The lowest BCUT2D eigenvalue weighted by atomic mass is 9.98. The number of hydrogen-bond donors (Lipinski definition) is 1. The first kappa shape index (κ1) is 20.9. The van der Waals surface area contributed by atoms with E-state index in [0.717, 1.165) is 29.8 Å². The van der Waals surface area contributed by atoms with Crippen LogP contribution >= 0.6 is 0 Å². The fourth-order valence-electron chi connectivity index (χ4n) is 3.80. The van der Waals surface area contributed by atoms with Crippen LogP contribution < -0.4 is 10.1 Å². The molecule has 3 aromatic rings. The van der Waals surface area contributed by atoms with Crippen molar-refractivity contribution in [2.45, 2.75) is 38.5 Å². The summed E-state index contributed by atoms with van der Waals surface area (Å²) in [5.41, 5.74) is 2.89. The summed E-state index contributed by atoms with van der Waals surface area (Å²) in [6, 6.07) is 15.5. The minimum absolute atomic E-state index is 0.0228. The monoisotopic (exact) mass is 420 g/mol. The summed E-state index contributed by atoms with van der Waals surface area (Å²) in [6.07, 6.45) is 1.80. The van der Waals surface area contributed by atoms with E-state index in [1.807, 2.05) is 41.3 Å². The average Bonchev–Trinajstić information content (AvgIpc) is 3.30. The zero-order valence-electron chi connectivity index (χ0n) is 18.2. The van der Waals surface area contributed by atoms with E-state index in [1.165, 1.54) is 5.56 Å². The number of amides is 2. The molecule has 7 heteroatoms. The van der Waals surface area contributed by atoms with Crippen molar-refractivity contribution in [2.75, 3.05) is 25.5 Å². The minimum Gasteiger partial charge on any atom is -0.497 e. The third-order valence-corrected chi connectivity index (χ3v) is 5.66. The van der Waals surface area contributed by atoms with E-state index in [9.17, 15) is 4.79 Å². The van der Waals surface area contributed by atoms with Crippen molar-refractivity contribution in [2.24, 2.45) is 0 Å². The van der Waals surface area contributed by atoms with Gasteiger partial charge < -0.3 is 19.5 Å². The van der Waals surface area contributed by atoms with Crippen molar-refractivity contribution in [3.8, 4) is 17.1 Å². The Morgan fingerprint density at radius 2 is 2.03 bits per heavy atom. The van der Waals surface area contributed by atoms with Gasteiger partial charge in [-0.3, -0.25) is 0 Å². The quantitative estimate of drug-likeness (QED) is 0.607. The van der Waals surface area contributed by atoms with Gasteiger partial charge in [-0.25, -0.2) is 4.79 Å². The van der Waals surface area contributed by atoms with E-state index < -0.39 is 0 Å². The number of anilines is 1. The zero-order chi connectivity index (χ0) is 21.8. The van der Waals surface area contributed by atoms with Crippen molar-refractivity contribution >= 4 is 11.7 Å². The molecule has 1 aromatic heterocycles. The van der Waals surface area contributed by atoms with Crippen LogP contribution in [0.25, 0.3) is 11.4 Å². The highest BCUT2D eigenvalue weighted by Crippen LogP contribution is 2.29. The molecule has 0 saturated carbocycles. The standard InChI is InChI=1S/C24H28N4O3/c1-16(2)17-9-11-20(12-10-17)25-24(29)28-13-5-7-19(15-28)23-26-22(27-31-23)18-6-4-8-21(14-18)30-3/h4,6,8-12,14,16,19H,5,7,13,15H2,1-3H3,(H,25,29). The van der Waals surface area contributed by atoms with Gasteiger partial charge in [0, 0.05) is 24.3 Å². The molecular formula is C24H28N4O3. The lowest BCUT2D eigenvalue weighted by Gasteiger charge is -2.31. The summed E-state index contributed by atoms with van der Waals surface area (Å²) < 4.78 is 10.8. The Morgan fingerprint density at radius 3 is 2.77 bits per heavy atom. The fourth-order valence-corrected chi connectivity index (χ4v) is 3.80. The molecule has 2 amide bonds. The molecule has 1 aliphatic rings. The summed E-state index contributed by atoms with van der Waals surface area (Å²) in [7, 11) is 1.63. The number of likely N-dealkylation sites (tertiary alicyclic amines) is 1. The van der Waals surface area contributed by atoms with Crippen molar-refractivity contribution in [1.82, 2.24) is 15.0 Å². The molecule has 0 spiro atoms. The zero-order valence-corrected chi connectivity index (χ0v) is 18.2. The normalized spacial score (nSPS) is 16.4. The SMILES string of the molecule is COc1cccc(-c2noc(C3CCCN(C(=O)Nc4ccc(C(C)C)cc4)C3)n2)c1. The van der Waals surface area contributed by atoms with E-state index in [-0.39, 0.29) is 11.9 Å². The van der Waals surface area contributed by atoms with Gasteiger partial charge in [0.2, 0.25) is 11.7 Å². The van der Waals surface area contributed by atoms with Gasteiger partial charge in [0.15, 0.2) is 0 Å². The number of ether oxygens (including phenoxy) is 1. The lowest BCUT2D eigenvalue weighted by molar-refractivity contribution is 0.184. The van der Waals surface area contributed by atoms with Crippen molar-refractivity contribution in [1.29, 1.82) is 0 Å². The van der Waals surface area contributed by atoms with Gasteiger partial charge in [-0.1, -0.05) is 43.3 Å². The first-order valence-electron chi connectivity index (χ1n) is 10.7. The summed E-state index contributed by atoms with van der Waals surface area (Å²) in [4.78, 5) is 19.2. The van der Waals surface area contributed by atoms with Gasteiger partial charge in [0.1, 0.15) is 5.75 Å². The molecule has 1 aliphatic heterocycles. The number of aromatic nitrogens is 2. The molecule has 31 heavy (non-hydrogen) atoms. The summed E-state index contributed by atoms with van der Waals surface area (Å²) in [6.45, 7) is 5.57. The average molecular weight is 421 g/mol. The highest BCUT2D eigenvalue weighted by molar-refractivity contribution is 5.89. The number of nitrogens with zero attached hydrogens (tertiary/aromatic N) is 3. The number of benzene rings is 2. The number of rotatable bonds is 5. The summed E-state index contributed by atoms with van der Waals surface area (Å²) in [5.74, 6) is 2.32. The Kier molecular flexibility index (Phi) is 6.21. The van der Waals surface area contributed by atoms with Gasteiger partial charge in [-0.2, -0.15) is 4.98 Å². The van der Waals surface area contributed by atoms with Crippen LogP contribution in [0.2, 0.25) is 0 Å². The molecule has 1 unspecified atom stereocenters. The van der Waals surface area contributed by atoms with Gasteiger partial charge in [0.05, 0.1) is 13.0 Å². The Balaban J connectivity index is 1.41. The van der Waals surface area contributed by atoms with Crippen LogP contribution in [0.15, 0.2) is 53.1 Å². The molecule has 0 radical (unpaired) electrons. The number of piperidine rings is 1. The predicted octanol–water partition coefficient (Wildman–Crippen LogP) is 5.28. The van der Waals surface area contributed by atoms with Gasteiger partial charge in [0.25, 0.3) is 0 Å². The van der Waals surface area contributed by atoms with Gasteiger partial charge in [-0.15, -0.1) is 0 Å². The topological polar surface area (TPSA) is 80.5 Å². The van der Waals surface area contributed by atoms with E-state index in [4.69, 9.17) is 9.26 Å². The molecule has 2 heterocycles. The van der Waals surface area contributed by atoms with E-state index in [2.05, 4.69) is 41.4 Å². The molecule has 0 aliphatic carbocycles. The van der Waals surface area contributed by atoms with Crippen LogP contribution in [0.1, 0.15) is 50.0 Å². The number of methoxy groups -OCH3 is 1. The smallest absolute Gasteiger partial charge is 0.321 e. The molecule has 7 nitrogen and oxygen atoms in total. The highest BCUT2D eigenvalue weighted by atomic mass is 16.5. The van der Waals surface area contributed by atoms with E-state index >= 15 is 0 Å². The van der Waals surface area contributed by atoms with Crippen LogP contribution in [0.5, 0.6) is 5.75 Å². The maximum atomic E-state index is 12.8. The minimum atomic E-state index is -0.102. The van der Waals surface area contributed by atoms with E-state index in [0.29, 0.717) is 30.7 Å². The second kappa shape index (κ2) is 9.20.